The minimum absolute atomic E-state index is 0. The van der Waals surface area contributed by atoms with Crippen molar-refractivity contribution in [3.05, 3.63) is 0 Å². The van der Waals surface area contributed by atoms with Crippen LogP contribution in [0.1, 0.15) is 86.0 Å². The lowest BCUT2D eigenvalue weighted by molar-refractivity contribution is -0.929. The van der Waals surface area contributed by atoms with Crippen LogP contribution in [0, 0.1) is 0 Å². The second kappa shape index (κ2) is 18.9. The zero-order valence-electron chi connectivity index (χ0n) is 16.0. The highest BCUT2D eigenvalue weighted by Crippen LogP contribution is 2.16. The SMILES string of the molecule is CC(=O)[O-].CCCC[N+](CCCC)(CCCC)CCCC.P. The number of carboxylic acids is 1. The maximum atomic E-state index is 8.89. The molecule has 1 atom stereocenters. The Morgan fingerprint density at radius 2 is 0.909 bits per heavy atom. The van der Waals surface area contributed by atoms with Gasteiger partial charge in [-0.1, -0.05) is 53.4 Å². The Balaban J connectivity index is -0.000000640. The third-order valence-corrected chi connectivity index (χ3v) is 3.94. The van der Waals surface area contributed by atoms with E-state index in [-0.39, 0.29) is 9.90 Å². The average molecular weight is 336 g/mol. The van der Waals surface area contributed by atoms with E-state index in [1.165, 1.54) is 82.0 Å². The Morgan fingerprint density at radius 1 is 0.727 bits per heavy atom. The summed E-state index contributed by atoms with van der Waals surface area (Å²) in [5, 5.41) is 8.89. The smallest absolute Gasteiger partial charge is 0.0786 e. The standard InChI is InChI=1S/C16H36N.C2H4O2.H3P/c1-5-9-13-17(14-10-6-2,15-11-7-3)16-12-8-4;1-2(3)4;/h5-16H2,1-4H3;1H3,(H,3,4);1H3/q+1;;/p-1. The molecule has 136 valence electrons. The third kappa shape index (κ3) is 17.9. The first-order valence-electron chi connectivity index (χ1n) is 9.00. The molecule has 1 unspecified atom stereocenters. The van der Waals surface area contributed by atoms with Crippen LogP contribution in [0.5, 0.6) is 0 Å². The molecule has 0 radical (unpaired) electrons. The number of aliphatic carboxylic acids is 1. The quantitative estimate of drug-likeness (QED) is 0.402. The Hall–Kier alpha value is -0.140. The summed E-state index contributed by atoms with van der Waals surface area (Å²) in [6.07, 6.45) is 11.1. The zero-order chi connectivity index (χ0) is 16.6. The molecule has 0 heterocycles. The summed E-state index contributed by atoms with van der Waals surface area (Å²) >= 11 is 0. The highest BCUT2D eigenvalue weighted by Gasteiger charge is 2.24. The van der Waals surface area contributed by atoms with Crippen LogP contribution in [0.4, 0.5) is 0 Å². The lowest BCUT2D eigenvalue weighted by atomic mass is 10.1. The Labute approximate surface area is 143 Å². The summed E-state index contributed by atoms with van der Waals surface area (Å²) in [5.41, 5.74) is 0. The van der Waals surface area contributed by atoms with Gasteiger partial charge in [0.15, 0.2) is 0 Å². The van der Waals surface area contributed by atoms with Gasteiger partial charge < -0.3 is 14.4 Å². The highest BCUT2D eigenvalue weighted by molar-refractivity contribution is 6.92. The minimum atomic E-state index is -1.08. The van der Waals surface area contributed by atoms with Gasteiger partial charge in [0.2, 0.25) is 0 Å². The van der Waals surface area contributed by atoms with Gasteiger partial charge in [0.05, 0.1) is 26.2 Å². The first-order valence-corrected chi connectivity index (χ1v) is 9.00. The number of unbranched alkanes of at least 4 members (excludes halogenated alkanes) is 4. The Bertz CT molecular complexity index is 194. The van der Waals surface area contributed by atoms with E-state index < -0.39 is 5.97 Å². The van der Waals surface area contributed by atoms with Crippen LogP contribution >= 0.6 is 9.90 Å². The predicted molar refractivity (Wildman–Crippen MR) is 101 cm³/mol. The Kier molecular flexibility index (Phi) is 23.0. The van der Waals surface area contributed by atoms with Crippen LogP contribution in [0.2, 0.25) is 0 Å². The molecule has 0 aromatic heterocycles. The fourth-order valence-electron chi connectivity index (χ4n) is 2.64. The molecule has 0 saturated heterocycles. The number of carboxylic acid groups (broad SMARTS) is 1. The van der Waals surface area contributed by atoms with Crippen LogP contribution in [-0.2, 0) is 4.79 Å². The second-order valence-electron chi connectivity index (χ2n) is 6.14. The van der Waals surface area contributed by atoms with Gasteiger partial charge in [-0.15, -0.1) is 0 Å². The number of quaternary nitrogens is 1. The molecular formula is C18H42NO2P. The fraction of sp³-hybridized carbons (Fsp3) is 0.944. The number of hydrogen-bond acceptors (Lipinski definition) is 2. The van der Waals surface area contributed by atoms with Gasteiger partial charge in [-0.05, 0) is 32.6 Å². The maximum absolute atomic E-state index is 8.89. The molecule has 4 heteroatoms. The molecule has 22 heavy (non-hydrogen) atoms. The molecule has 0 spiro atoms. The molecule has 3 nitrogen and oxygen atoms in total. The van der Waals surface area contributed by atoms with Gasteiger partial charge in [0.25, 0.3) is 0 Å². The van der Waals surface area contributed by atoms with Crippen molar-refractivity contribution in [2.24, 2.45) is 0 Å². The summed E-state index contributed by atoms with van der Waals surface area (Å²) in [6.45, 7) is 16.0. The van der Waals surface area contributed by atoms with Gasteiger partial charge in [0, 0.05) is 5.97 Å². The normalized spacial score (nSPS) is 10.4. The number of rotatable bonds is 12. The summed E-state index contributed by atoms with van der Waals surface area (Å²) in [6, 6.07) is 0. The van der Waals surface area contributed by atoms with Gasteiger partial charge >= 0.3 is 0 Å². The van der Waals surface area contributed by atoms with Crippen molar-refractivity contribution in [2.75, 3.05) is 26.2 Å². The van der Waals surface area contributed by atoms with Crippen LogP contribution < -0.4 is 5.11 Å². The maximum Gasteiger partial charge on any atom is 0.0786 e. The van der Waals surface area contributed by atoms with Crippen molar-refractivity contribution in [3.63, 3.8) is 0 Å². The average Bonchev–Trinajstić information content (AvgIpc) is 2.45. The lowest BCUT2D eigenvalue weighted by Gasteiger charge is -2.39. The number of nitrogens with zero attached hydrogens (tertiary/aromatic N) is 1. The Morgan fingerprint density at radius 3 is 1.05 bits per heavy atom. The first kappa shape index (κ1) is 26.7. The number of carbonyl (C=O) groups is 1. The number of carbonyl (C=O) groups excluding carboxylic acids is 1. The molecule has 0 aromatic rings. The monoisotopic (exact) mass is 335 g/mol. The van der Waals surface area contributed by atoms with Crippen LogP contribution in [0.25, 0.3) is 0 Å². The molecule has 0 N–H and O–H groups in total. The molecule has 0 amide bonds. The zero-order valence-corrected chi connectivity index (χ0v) is 17.4. The van der Waals surface area contributed by atoms with E-state index in [1.54, 1.807) is 0 Å². The van der Waals surface area contributed by atoms with Crippen LogP contribution in [0.3, 0.4) is 0 Å². The molecule has 0 aromatic carbocycles. The van der Waals surface area contributed by atoms with Gasteiger partial charge in [-0.2, -0.15) is 9.90 Å². The lowest BCUT2D eigenvalue weighted by Crippen LogP contribution is -2.50. The van der Waals surface area contributed by atoms with Crippen molar-refractivity contribution in [2.45, 2.75) is 86.0 Å². The van der Waals surface area contributed by atoms with Crippen molar-refractivity contribution < 1.29 is 14.4 Å². The summed E-state index contributed by atoms with van der Waals surface area (Å²) < 4.78 is 1.42. The highest BCUT2D eigenvalue weighted by atomic mass is 31.0. The van der Waals surface area contributed by atoms with E-state index in [0.29, 0.717) is 0 Å². The molecule has 0 saturated carbocycles. The van der Waals surface area contributed by atoms with Crippen LogP contribution in [-0.4, -0.2) is 36.6 Å². The molecule has 0 rings (SSSR count). The first-order chi connectivity index (χ1) is 9.97. The van der Waals surface area contributed by atoms with Crippen molar-refractivity contribution in [3.8, 4) is 0 Å². The summed E-state index contributed by atoms with van der Waals surface area (Å²) in [7, 11) is 0. The van der Waals surface area contributed by atoms with Crippen molar-refractivity contribution in [1.82, 2.24) is 0 Å². The molecular weight excluding hydrogens is 293 g/mol. The van der Waals surface area contributed by atoms with E-state index in [1.807, 2.05) is 0 Å². The molecule has 0 aliphatic heterocycles. The van der Waals surface area contributed by atoms with Crippen LogP contribution in [0.15, 0.2) is 0 Å². The molecule has 0 bridgehead atoms. The predicted octanol–water partition coefficient (Wildman–Crippen LogP) is 3.82. The largest absolute Gasteiger partial charge is 0.550 e. The molecule has 0 fully saturated rings. The third-order valence-electron chi connectivity index (χ3n) is 3.94. The van der Waals surface area contributed by atoms with Gasteiger partial charge in [0.1, 0.15) is 0 Å². The molecule has 0 aliphatic rings. The van der Waals surface area contributed by atoms with E-state index in [4.69, 9.17) is 9.90 Å². The topological polar surface area (TPSA) is 40.1 Å². The van der Waals surface area contributed by atoms with E-state index in [2.05, 4.69) is 27.7 Å². The van der Waals surface area contributed by atoms with Crippen molar-refractivity contribution in [1.29, 1.82) is 0 Å². The van der Waals surface area contributed by atoms with Crippen molar-refractivity contribution >= 4 is 15.9 Å². The fourth-order valence-corrected chi connectivity index (χ4v) is 2.64. The second-order valence-corrected chi connectivity index (χ2v) is 6.14. The van der Waals surface area contributed by atoms with E-state index in [9.17, 15) is 0 Å². The van der Waals surface area contributed by atoms with E-state index >= 15 is 0 Å². The summed E-state index contributed by atoms with van der Waals surface area (Å²) in [4.78, 5) is 8.89. The molecule has 0 aliphatic carbocycles. The van der Waals surface area contributed by atoms with Gasteiger partial charge in [-0.25, -0.2) is 0 Å². The van der Waals surface area contributed by atoms with E-state index in [0.717, 1.165) is 6.92 Å². The number of hydrogen-bond donors (Lipinski definition) is 0. The summed E-state index contributed by atoms with van der Waals surface area (Å²) in [5.74, 6) is -1.08. The van der Waals surface area contributed by atoms with Gasteiger partial charge in [-0.3, -0.25) is 0 Å². The minimum Gasteiger partial charge on any atom is -0.550 e.